The molecule has 98 valence electrons. The fraction of sp³-hybridized carbons (Fsp3) is 0.267. The number of nitrogens with one attached hydrogen (secondary N) is 1. The Morgan fingerprint density at radius 1 is 1.32 bits per heavy atom. The fourth-order valence-electron chi connectivity index (χ4n) is 2.57. The van der Waals surface area contributed by atoms with Crippen LogP contribution in [0.5, 0.6) is 0 Å². The first kappa shape index (κ1) is 12.7. The third-order valence-electron chi connectivity index (χ3n) is 3.61. The van der Waals surface area contributed by atoms with Gasteiger partial charge < -0.3 is 0 Å². The predicted octanol–water partition coefficient (Wildman–Crippen LogP) is 2.78. The second-order valence-corrected chi connectivity index (χ2v) is 5.89. The van der Waals surface area contributed by atoms with E-state index in [1.165, 1.54) is 10.5 Å². The van der Waals surface area contributed by atoms with Crippen molar-refractivity contribution in [3.05, 3.63) is 59.4 Å². The van der Waals surface area contributed by atoms with Crippen LogP contribution in [0.1, 0.15) is 28.8 Å². The van der Waals surface area contributed by atoms with Crippen molar-refractivity contribution in [3.8, 4) is 0 Å². The lowest BCUT2D eigenvalue weighted by molar-refractivity contribution is 0.484. The number of thioether (sulfide) groups is 1. The zero-order valence-electron chi connectivity index (χ0n) is 10.8. The lowest BCUT2D eigenvalue weighted by atomic mass is 9.89. The van der Waals surface area contributed by atoms with Crippen molar-refractivity contribution in [2.45, 2.75) is 23.8 Å². The van der Waals surface area contributed by atoms with E-state index in [4.69, 9.17) is 5.84 Å². The summed E-state index contributed by atoms with van der Waals surface area (Å²) in [5.74, 6) is 7.25. The normalized spacial score (nSPS) is 19.2. The minimum atomic E-state index is 0.115. The van der Waals surface area contributed by atoms with Gasteiger partial charge in [0.25, 0.3) is 0 Å². The summed E-state index contributed by atoms with van der Waals surface area (Å²) in [6.07, 6.45) is 1.92. The van der Waals surface area contributed by atoms with Gasteiger partial charge in [-0.1, -0.05) is 24.3 Å². The molecule has 19 heavy (non-hydrogen) atoms. The van der Waals surface area contributed by atoms with E-state index >= 15 is 0 Å². The minimum absolute atomic E-state index is 0.115. The van der Waals surface area contributed by atoms with E-state index in [0.29, 0.717) is 5.92 Å². The number of nitrogens with zero attached hydrogens (tertiary/aromatic N) is 1. The minimum Gasteiger partial charge on any atom is -0.271 e. The monoisotopic (exact) mass is 271 g/mol. The largest absolute Gasteiger partial charge is 0.271 e. The van der Waals surface area contributed by atoms with E-state index in [1.54, 1.807) is 0 Å². The van der Waals surface area contributed by atoms with Crippen LogP contribution in [0.15, 0.2) is 47.5 Å². The molecular formula is C15H17N3S. The molecule has 3 N–H and O–H groups in total. The van der Waals surface area contributed by atoms with Gasteiger partial charge >= 0.3 is 0 Å². The Hall–Kier alpha value is -1.36. The van der Waals surface area contributed by atoms with Crippen LogP contribution in [0.25, 0.3) is 0 Å². The van der Waals surface area contributed by atoms with Crippen LogP contribution in [0.4, 0.5) is 0 Å². The van der Waals surface area contributed by atoms with Gasteiger partial charge in [-0.15, -0.1) is 11.8 Å². The predicted molar refractivity (Wildman–Crippen MR) is 78.9 cm³/mol. The van der Waals surface area contributed by atoms with Crippen molar-refractivity contribution in [2.24, 2.45) is 5.84 Å². The number of aromatic nitrogens is 1. The van der Waals surface area contributed by atoms with Gasteiger partial charge in [0.15, 0.2) is 0 Å². The SMILES string of the molecule is Cc1ccc(C(NN)C2CSc3ccccc32)cn1. The highest BCUT2D eigenvalue weighted by molar-refractivity contribution is 7.99. The lowest BCUT2D eigenvalue weighted by Crippen LogP contribution is -2.32. The molecule has 0 fully saturated rings. The maximum Gasteiger partial charge on any atom is 0.0552 e. The summed E-state index contributed by atoms with van der Waals surface area (Å²) in [6, 6.07) is 12.8. The standard InChI is InChI=1S/C15H17N3S/c1-10-6-7-11(8-17-10)15(18-16)13-9-19-14-5-3-2-4-12(13)14/h2-8,13,15,18H,9,16H2,1H3. The summed E-state index contributed by atoms with van der Waals surface area (Å²) >= 11 is 1.90. The molecule has 2 heterocycles. The highest BCUT2D eigenvalue weighted by Gasteiger charge is 2.30. The molecule has 4 heteroatoms. The quantitative estimate of drug-likeness (QED) is 0.666. The van der Waals surface area contributed by atoms with Gasteiger partial charge in [0, 0.05) is 28.5 Å². The van der Waals surface area contributed by atoms with Crippen molar-refractivity contribution >= 4 is 11.8 Å². The molecule has 2 aromatic rings. The third kappa shape index (κ3) is 2.39. The number of hydrogen-bond donors (Lipinski definition) is 2. The smallest absolute Gasteiger partial charge is 0.0552 e. The molecule has 2 unspecified atom stereocenters. The third-order valence-corrected chi connectivity index (χ3v) is 4.82. The van der Waals surface area contributed by atoms with Crippen LogP contribution < -0.4 is 11.3 Å². The molecule has 0 spiro atoms. The van der Waals surface area contributed by atoms with Crippen molar-refractivity contribution in [3.63, 3.8) is 0 Å². The van der Waals surface area contributed by atoms with Crippen LogP contribution in [0.3, 0.4) is 0 Å². The van der Waals surface area contributed by atoms with Crippen LogP contribution in [-0.2, 0) is 0 Å². The van der Waals surface area contributed by atoms with Gasteiger partial charge in [-0.05, 0) is 30.2 Å². The molecule has 1 aliphatic heterocycles. The molecule has 1 aromatic heterocycles. The summed E-state index contributed by atoms with van der Waals surface area (Å²) in [5.41, 5.74) is 6.53. The fourth-order valence-corrected chi connectivity index (χ4v) is 3.86. The van der Waals surface area contributed by atoms with E-state index in [2.05, 4.69) is 40.7 Å². The van der Waals surface area contributed by atoms with Crippen molar-refractivity contribution in [1.29, 1.82) is 0 Å². The van der Waals surface area contributed by atoms with E-state index in [1.807, 2.05) is 30.9 Å². The summed E-state index contributed by atoms with van der Waals surface area (Å²) in [7, 11) is 0. The van der Waals surface area contributed by atoms with Gasteiger partial charge in [-0.3, -0.25) is 16.3 Å². The summed E-state index contributed by atoms with van der Waals surface area (Å²) in [6.45, 7) is 2.00. The second kappa shape index (κ2) is 5.33. The number of pyridine rings is 1. The number of aryl methyl sites for hydroxylation is 1. The molecule has 3 rings (SSSR count). The van der Waals surface area contributed by atoms with E-state index in [9.17, 15) is 0 Å². The summed E-state index contributed by atoms with van der Waals surface area (Å²) in [4.78, 5) is 5.74. The number of rotatable bonds is 3. The molecule has 2 atom stereocenters. The molecule has 0 aliphatic carbocycles. The molecule has 0 amide bonds. The summed E-state index contributed by atoms with van der Waals surface area (Å²) < 4.78 is 0. The Morgan fingerprint density at radius 3 is 2.89 bits per heavy atom. The Bertz CT molecular complexity index is 568. The number of benzene rings is 1. The Morgan fingerprint density at radius 2 is 2.16 bits per heavy atom. The Balaban J connectivity index is 1.94. The molecule has 1 aromatic carbocycles. The van der Waals surface area contributed by atoms with Gasteiger partial charge in [-0.25, -0.2) is 0 Å². The number of hydrogen-bond acceptors (Lipinski definition) is 4. The van der Waals surface area contributed by atoms with E-state index in [-0.39, 0.29) is 6.04 Å². The zero-order chi connectivity index (χ0) is 13.2. The number of hydrazine groups is 1. The van der Waals surface area contributed by atoms with Crippen molar-refractivity contribution in [1.82, 2.24) is 10.4 Å². The average Bonchev–Trinajstić information content (AvgIpc) is 2.86. The molecule has 1 aliphatic rings. The number of fused-ring (bicyclic) bond motifs is 1. The summed E-state index contributed by atoms with van der Waals surface area (Å²) in [5, 5.41) is 0. The van der Waals surface area contributed by atoms with Crippen LogP contribution in [0, 0.1) is 6.92 Å². The lowest BCUT2D eigenvalue weighted by Gasteiger charge is -2.23. The topological polar surface area (TPSA) is 50.9 Å². The van der Waals surface area contributed by atoms with Gasteiger partial charge in [-0.2, -0.15) is 0 Å². The van der Waals surface area contributed by atoms with Crippen LogP contribution >= 0.6 is 11.8 Å². The van der Waals surface area contributed by atoms with Crippen molar-refractivity contribution < 1.29 is 0 Å². The average molecular weight is 271 g/mol. The van der Waals surface area contributed by atoms with E-state index in [0.717, 1.165) is 17.0 Å². The van der Waals surface area contributed by atoms with Crippen molar-refractivity contribution in [2.75, 3.05) is 5.75 Å². The van der Waals surface area contributed by atoms with Crippen LogP contribution in [-0.4, -0.2) is 10.7 Å². The highest BCUT2D eigenvalue weighted by Crippen LogP contribution is 2.45. The Kier molecular flexibility index (Phi) is 3.55. The molecule has 0 bridgehead atoms. The molecular weight excluding hydrogens is 254 g/mol. The maximum atomic E-state index is 5.79. The maximum absolute atomic E-state index is 5.79. The molecule has 0 saturated heterocycles. The Labute approximate surface area is 117 Å². The highest BCUT2D eigenvalue weighted by atomic mass is 32.2. The second-order valence-electron chi connectivity index (χ2n) is 4.83. The zero-order valence-corrected chi connectivity index (χ0v) is 11.7. The van der Waals surface area contributed by atoms with Gasteiger partial charge in [0.05, 0.1) is 6.04 Å². The first-order chi connectivity index (χ1) is 9.29. The first-order valence-electron chi connectivity index (χ1n) is 6.40. The van der Waals surface area contributed by atoms with Crippen LogP contribution in [0.2, 0.25) is 0 Å². The molecule has 0 saturated carbocycles. The first-order valence-corrected chi connectivity index (χ1v) is 7.38. The molecule has 0 radical (unpaired) electrons. The van der Waals surface area contributed by atoms with E-state index < -0.39 is 0 Å². The van der Waals surface area contributed by atoms with Gasteiger partial charge in [0.1, 0.15) is 0 Å². The number of nitrogens with two attached hydrogens (primary N) is 1. The van der Waals surface area contributed by atoms with Gasteiger partial charge in [0.2, 0.25) is 0 Å². The molecule has 3 nitrogen and oxygen atoms in total.